The number of hydrogen-bond acceptors (Lipinski definition) is 4. The molecule has 0 saturated heterocycles. The predicted octanol–water partition coefficient (Wildman–Crippen LogP) is 2.26. The van der Waals surface area contributed by atoms with E-state index < -0.39 is 0 Å². The number of carbonyl (C=O) groups is 1. The molecule has 1 amide bonds. The fourth-order valence-electron chi connectivity index (χ4n) is 2.18. The quantitative estimate of drug-likeness (QED) is 0.860. The molecular formula is C15H24N4OS. The highest BCUT2D eigenvalue weighted by molar-refractivity contribution is 7.15. The van der Waals surface area contributed by atoms with Crippen molar-refractivity contribution in [3.63, 3.8) is 0 Å². The SMILES string of the molecule is Cc1nc2scc(C)n2c1CNC(C)C(=O)NCC(C)C. The Morgan fingerprint density at radius 1 is 1.38 bits per heavy atom. The van der Waals surface area contributed by atoms with Gasteiger partial charge in [0.05, 0.1) is 17.4 Å². The van der Waals surface area contributed by atoms with E-state index in [-0.39, 0.29) is 11.9 Å². The van der Waals surface area contributed by atoms with Gasteiger partial charge in [0.1, 0.15) is 0 Å². The Bertz CT molecular complexity index is 629. The summed E-state index contributed by atoms with van der Waals surface area (Å²) in [6, 6.07) is -0.215. The maximum atomic E-state index is 12.0. The van der Waals surface area contributed by atoms with E-state index in [1.165, 1.54) is 5.69 Å². The number of hydrogen-bond donors (Lipinski definition) is 2. The van der Waals surface area contributed by atoms with Crippen LogP contribution in [0.3, 0.4) is 0 Å². The summed E-state index contributed by atoms with van der Waals surface area (Å²) in [6.45, 7) is 11.5. The minimum atomic E-state index is -0.215. The molecule has 1 atom stereocenters. The average Bonchev–Trinajstić information content (AvgIpc) is 2.93. The van der Waals surface area contributed by atoms with Crippen molar-refractivity contribution < 1.29 is 4.79 Å². The van der Waals surface area contributed by atoms with Gasteiger partial charge in [0.15, 0.2) is 4.96 Å². The maximum absolute atomic E-state index is 12.0. The maximum Gasteiger partial charge on any atom is 0.236 e. The van der Waals surface area contributed by atoms with Crippen molar-refractivity contribution in [3.8, 4) is 0 Å². The summed E-state index contributed by atoms with van der Waals surface area (Å²) >= 11 is 1.65. The van der Waals surface area contributed by atoms with Gasteiger partial charge in [0, 0.05) is 24.2 Å². The molecule has 2 aromatic rings. The lowest BCUT2D eigenvalue weighted by molar-refractivity contribution is -0.122. The molecule has 116 valence electrons. The van der Waals surface area contributed by atoms with Gasteiger partial charge < -0.3 is 10.6 Å². The molecule has 21 heavy (non-hydrogen) atoms. The average molecular weight is 308 g/mol. The molecule has 0 spiro atoms. The Hall–Kier alpha value is -1.40. The third kappa shape index (κ3) is 3.63. The van der Waals surface area contributed by atoms with Crippen LogP contribution in [-0.2, 0) is 11.3 Å². The van der Waals surface area contributed by atoms with E-state index >= 15 is 0 Å². The molecule has 2 aromatic heterocycles. The number of amides is 1. The first-order valence-electron chi connectivity index (χ1n) is 7.33. The molecule has 0 saturated carbocycles. The Morgan fingerprint density at radius 2 is 2.10 bits per heavy atom. The second kappa shape index (κ2) is 6.58. The summed E-state index contributed by atoms with van der Waals surface area (Å²) in [4.78, 5) is 17.5. The highest BCUT2D eigenvalue weighted by Crippen LogP contribution is 2.20. The second-order valence-electron chi connectivity index (χ2n) is 5.88. The number of nitrogens with one attached hydrogen (secondary N) is 2. The van der Waals surface area contributed by atoms with Crippen LogP contribution in [0.25, 0.3) is 4.96 Å². The van der Waals surface area contributed by atoms with Crippen molar-refractivity contribution in [3.05, 3.63) is 22.5 Å². The summed E-state index contributed by atoms with van der Waals surface area (Å²) in [5, 5.41) is 8.34. The van der Waals surface area contributed by atoms with Gasteiger partial charge in [0.25, 0.3) is 0 Å². The van der Waals surface area contributed by atoms with E-state index in [1.807, 2.05) is 13.8 Å². The third-order valence-corrected chi connectivity index (χ3v) is 4.43. The molecular weight excluding hydrogens is 284 g/mol. The van der Waals surface area contributed by atoms with Crippen LogP contribution in [0, 0.1) is 19.8 Å². The Balaban J connectivity index is 1.99. The molecule has 0 aliphatic rings. The van der Waals surface area contributed by atoms with Crippen LogP contribution in [0.4, 0.5) is 0 Å². The highest BCUT2D eigenvalue weighted by atomic mass is 32.1. The standard InChI is InChI=1S/C15H24N4OS/c1-9(2)6-17-14(20)12(5)16-7-13-11(4)18-15-19(13)10(3)8-21-15/h8-9,12,16H,6-7H2,1-5H3,(H,17,20). The molecule has 1 unspecified atom stereocenters. The van der Waals surface area contributed by atoms with E-state index in [2.05, 4.69) is 46.2 Å². The molecule has 0 radical (unpaired) electrons. The van der Waals surface area contributed by atoms with Crippen molar-refractivity contribution in [2.24, 2.45) is 5.92 Å². The lowest BCUT2D eigenvalue weighted by Crippen LogP contribution is -2.43. The van der Waals surface area contributed by atoms with Crippen molar-refractivity contribution in [2.45, 2.75) is 47.2 Å². The third-order valence-electron chi connectivity index (χ3n) is 3.48. The number of carbonyl (C=O) groups excluding carboxylic acids is 1. The van der Waals surface area contributed by atoms with Crippen LogP contribution in [0.15, 0.2) is 5.38 Å². The first kappa shape index (κ1) is 16.0. The number of thiazole rings is 1. The van der Waals surface area contributed by atoms with Crippen LogP contribution < -0.4 is 10.6 Å². The zero-order valence-electron chi connectivity index (χ0n) is 13.4. The Labute approximate surface area is 129 Å². The minimum Gasteiger partial charge on any atom is -0.354 e. The van der Waals surface area contributed by atoms with Gasteiger partial charge in [-0.1, -0.05) is 13.8 Å². The first-order chi connectivity index (χ1) is 9.90. The zero-order valence-corrected chi connectivity index (χ0v) is 14.2. The van der Waals surface area contributed by atoms with Gasteiger partial charge >= 0.3 is 0 Å². The first-order valence-corrected chi connectivity index (χ1v) is 8.21. The van der Waals surface area contributed by atoms with Crippen molar-refractivity contribution >= 4 is 22.2 Å². The number of imidazole rings is 1. The fraction of sp³-hybridized carbons (Fsp3) is 0.600. The van der Waals surface area contributed by atoms with Crippen LogP contribution >= 0.6 is 11.3 Å². The molecule has 2 N–H and O–H groups in total. The number of rotatable bonds is 6. The van der Waals surface area contributed by atoms with E-state index in [1.54, 1.807) is 11.3 Å². The molecule has 0 bridgehead atoms. The van der Waals surface area contributed by atoms with Crippen molar-refractivity contribution in [2.75, 3.05) is 6.54 Å². The van der Waals surface area contributed by atoms with Gasteiger partial charge in [-0.15, -0.1) is 11.3 Å². The molecule has 0 aromatic carbocycles. The lowest BCUT2D eigenvalue weighted by atomic mass is 10.2. The van der Waals surface area contributed by atoms with Gasteiger partial charge in [-0.05, 0) is 26.7 Å². The van der Waals surface area contributed by atoms with Gasteiger partial charge in [0.2, 0.25) is 5.91 Å². The fourth-order valence-corrected chi connectivity index (χ4v) is 3.11. The highest BCUT2D eigenvalue weighted by Gasteiger charge is 2.16. The number of aromatic nitrogens is 2. The van der Waals surface area contributed by atoms with Crippen LogP contribution in [0.2, 0.25) is 0 Å². The summed E-state index contributed by atoms with van der Waals surface area (Å²) in [5.74, 6) is 0.510. The van der Waals surface area contributed by atoms with E-state index in [9.17, 15) is 4.79 Å². The molecule has 2 heterocycles. The van der Waals surface area contributed by atoms with Crippen molar-refractivity contribution in [1.82, 2.24) is 20.0 Å². The monoisotopic (exact) mass is 308 g/mol. The molecule has 2 rings (SSSR count). The Morgan fingerprint density at radius 3 is 2.76 bits per heavy atom. The summed E-state index contributed by atoms with van der Waals surface area (Å²) in [5.41, 5.74) is 3.34. The van der Waals surface area contributed by atoms with Crippen LogP contribution in [-0.4, -0.2) is 27.9 Å². The van der Waals surface area contributed by atoms with Crippen LogP contribution in [0.1, 0.15) is 37.9 Å². The van der Waals surface area contributed by atoms with Gasteiger partial charge in [-0.25, -0.2) is 4.98 Å². The van der Waals surface area contributed by atoms with E-state index in [4.69, 9.17) is 0 Å². The number of aryl methyl sites for hydroxylation is 2. The predicted molar refractivity (Wildman–Crippen MR) is 86.7 cm³/mol. The van der Waals surface area contributed by atoms with Gasteiger partial charge in [-0.3, -0.25) is 9.20 Å². The molecule has 0 aliphatic carbocycles. The van der Waals surface area contributed by atoms with E-state index in [0.717, 1.165) is 16.3 Å². The second-order valence-corrected chi connectivity index (χ2v) is 6.72. The minimum absolute atomic E-state index is 0.0455. The van der Waals surface area contributed by atoms with E-state index in [0.29, 0.717) is 19.0 Å². The summed E-state index contributed by atoms with van der Waals surface area (Å²) in [7, 11) is 0. The summed E-state index contributed by atoms with van der Waals surface area (Å²) < 4.78 is 2.16. The zero-order chi connectivity index (χ0) is 15.6. The lowest BCUT2D eigenvalue weighted by Gasteiger charge is -2.15. The Kier molecular flexibility index (Phi) is 5.00. The number of nitrogens with zero attached hydrogens (tertiary/aromatic N) is 2. The van der Waals surface area contributed by atoms with Gasteiger partial charge in [-0.2, -0.15) is 0 Å². The molecule has 6 heteroatoms. The smallest absolute Gasteiger partial charge is 0.236 e. The normalized spacial score (nSPS) is 13.0. The largest absolute Gasteiger partial charge is 0.354 e. The summed E-state index contributed by atoms with van der Waals surface area (Å²) in [6.07, 6.45) is 0. The number of fused-ring (bicyclic) bond motifs is 1. The molecule has 0 fully saturated rings. The van der Waals surface area contributed by atoms with Crippen molar-refractivity contribution in [1.29, 1.82) is 0 Å². The van der Waals surface area contributed by atoms with Crippen LogP contribution in [0.5, 0.6) is 0 Å². The topological polar surface area (TPSA) is 58.4 Å². The molecule has 0 aliphatic heterocycles. The molecule has 5 nitrogen and oxygen atoms in total.